The maximum atomic E-state index is 9.82. The number of aliphatic hydroxyl groups excluding tert-OH is 1. The van der Waals surface area contributed by atoms with E-state index in [0.717, 1.165) is 18.6 Å². The Kier molecular flexibility index (Phi) is 8.68. The van der Waals surface area contributed by atoms with Crippen LogP contribution in [0, 0.1) is 0 Å². The first kappa shape index (κ1) is 16.3. The molecule has 0 aliphatic rings. The quantitative estimate of drug-likeness (QED) is 0.624. The zero-order valence-electron chi connectivity index (χ0n) is 11.8. The maximum Gasteiger partial charge on any atom is 0.120 e. The normalized spacial score (nSPS) is 12.4. The van der Waals surface area contributed by atoms with Crippen molar-refractivity contribution < 1.29 is 9.84 Å². The maximum absolute atomic E-state index is 9.82. The number of hydrogen-bond donors (Lipinski definition) is 1. The lowest BCUT2D eigenvalue weighted by molar-refractivity contribution is 0.0975. The van der Waals surface area contributed by atoms with Gasteiger partial charge in [-0.1, -0.05) is 63.1 Å². The lowest BCUT2D eigenvalue weighted by Gasteiger charge is -2.12. The molecule has 0 saturated heterocycles. The lowest BCUT2D eigenvalue weighted by atomic mass is 10.1. The average Bonchev–Trinajstić information content (AvgIpc) is 2.40. The van der Waals surface area contributed by atoms with Gasteiger partial charge in [-0.15, -0.1) is 0 Å². The minimum absolute atomic E-state index is 0.343. The van der Waals surface area contributed by atoms with Crippen molar-refractivity contribution in [3.05, 3.63) is 29.3 Å². The second-order valence-electron chi connectivity index (χ2n) is 4.98. The van der Waals surface area contributed by atoms with Gasteiger partial charge >= 0.3 is 0 Å². The second kappa shape index (κ2) is 10.1. The number of hydrogen-bond acceptors (Lipinski definition) is 2. The molecule has 0 bridgehead atoms. The van der Waals surface area contributed by atoms with Crippen molar-refractivity contribution in [2.45, 2.75) is 58.0 Å². The van der Waals surface area contributed by atoms with Crippen LogP contribution >= 0.6 is 11.6 Å². The lowest BCUT2D eigenvalue weighted by Crippen LogP contribution is -2.17. The molecule has 1 unspecified atom stereocenters. The van der Waals surface area contributed by atoms with Gasteiger partial charge in [0.25, 0.3) is 0 Å². The Balaban J connectivity index is 2.06. The molecule has 0 fully saturated rings. The smallest absolute Gasteiger partial charge is 0.120 e. The van der Waals surface area contributed by atoms with Gasteiger partial charge in [0.2, 0.25) is 0 Å². The summed E-state index contributed by atoms with van der Waals surface area (Å²) < 4.78 is 5.51. The number of aliphatic hydroxyl groups is 1. The van der Waals surface area contributed by atoms with E-state index in [0.29, 0.717) is 11.6 Å². The number of halogens is 1. The number of ether oxygens (including phenoxy) is 1. The predicted molar refractivity (Wildman–Crippen MR) is 80.9 cm³/mol. The molecule has 1 atom stereocenters. The van der Waals surface area contributed by atoms with Crippen LogP contribution in [0.1, 0.15) is 51.9 Å². The van der Waals surface area contributed by atoms with Crippen molar-refractivity contribution in [2.24, 2.45) is 0 Å². The first-order valence-corrected chi connectivity index (χ1v) is 7.66. The van der Waals surface area contributed by atoms with Gasteiger partial charge in [0, 0.05) is 5.02 Å². The molecule has 19 heavy (non-hydrogen) atoms. The molecular weight excluding hydrogens is 260 g/mol. The summed E-state index contributed by atoms with van der Waals surface area (Å²) in [6, 6.07) is 7.27. The summed E-state index contributed by atoms with van der Waals surface area (Å²) in [5.41, 5.74) is 0. The summed E-state index contributed by atoms with van der Waals surface area (Å²) in [6.45, 7) is 2.56. The van der Waals surface area contributed by atoms with E-state index in [4.69, 9.17) is 16.3 Å². The number of benzene rings is 1. The molecule has 2 nitrogen and oxygen atoms in total. The molecule has 0 saturated carbocycles. The Morgan fingerprint density at radius 3 is 2.63 bits per heavy atom. The first-order chi connectivity index (χ1) is 9.22. The highest BCUT2D eigenvalue weighted by atomic mass is 35.5. The topological polar surface area (TPSA) is 29.5 Å². The third-order valence-corrected chi connectivity index (χ3v) is 3.36. The molecule has 1 aromatic carbocycles. The molecule has 0 radical (unpaired) electrons. The fraction of sp³-hybridized carbons (Fsp3) is 0.625. The Morgan fingerprint density at radius 2 is 1.89 bits per heavy atom. The Labute approximate surface area is 121 Å². The molecule has 0 aliphatic heterocycles. The minimum atomic E-state index is -0.384. The van der Waals surface area contributed by atoms with Crippen molar-refractivity contribution in [2.75, 3.05) is 6.61 Å². The molecule has 108 valence electrons. The van der Waals surface area contributed by atoms with Gasteiger partial charge in [-0.3, -0.25) is 0 Å². The number of rotatable bonds is 10. The Bertz CT molecular complexity index is 341. The van der Waals surface area contributed by atoms with Crippen molar-refractivity contribution in [3.63, 3.8) is 0 Å². The zero-order chi connectivity index (χ0) is 13.9. The van der Waals surface area contributed by atoms with Gasteiger partial charge in [0.15, 0.2) is 0 Å². The largest absolute Gasteiger partial charge is 0.491 e. The summed E-state index contributed by atoms with van der Waals surface area (Å²) in [4.78, 5) is 0. The van der Waals surface area contributed by atoms with Crippen LogP contribution in [0.15, 0.2) is 24.3 Å². The van der Waals surface area contributed by atoms with Crippen LogP contribution in [-0.4, -0.2) is 17.8 Å². The van der Waals surface area contributed by atoms with Gasteiger partial charge in [0.1, 0.15) is 12.4 Å². The van der Waals surface area contributed by atoms with E-state index in [9.17, 15) is 5.11 Å². The van der Waals surface area contributed by atoms with Gasteiger partial charge < -0.3 is 9.84 Å². The molecule has 0 aliphatic carbocycles. The molecule has 1 aromatic rings. The van der Waals surface area contributed by atoms with Crippen molar-refractivity contribution >= 4 is 11.6 Å². The fourth-order valence-corrected chi connectivity index (χ4v) is 2.17. The highest BCUT2D eigenvalue weighted by Crippen LogP contribution is 2.17. The fourth-order valence-electron chi connectivity index (χ4n) is 1.99. The summed E-state index contributed by atoms with van der Waals surface area (Å²) in [7, 11) is 0. The van der Waals surface area contributed by atoms with Gasteiger partial charge in [0.05, 0.1) is 6.10 Å². The van der Waals surface area contributed by atoms with Crippen LogP contribution in [0.25, 0.3) is 0 Å². The zero-order valence-corrected chi connectivity index (χ0v) is 12.5. The summed E-state index contributed by atoms with van der Waals surface area (Å²) in [6.07, 6.45) is 7.88. The van der Waals surface area contributed by atoms with Crippen molar-refractivity contribution in [3.8, 4) is 5.75 Å². The average molecular weight is 285 g/mol. The van der Waals surface area contributed by atoms with E-state index >= 15 is 0 Å². The first-order valence-electron chi connectivity index (χ1n) is 7.28. The van der Waals surface area contributed by atoms with E-state index in [2.05, 4.69) is 6.92 Å². The van der Waals surface area contributed by atoms with Crippen LogP contribution in [0.2, 0.25) is 5.02 Å². The van der Waals surface area contributed by atoms with Gasteiger partial charge in [-0.05, 0) is 24.6 Å². The SMILES string of the molecule is CCCCCCCCC(O)COc1cccc(Cl)c1. The second-order valence-corrected chi connectivity index (χ2v) is 5.42. The standard InChI is InChI=1S/C16H25ClO2/c1-2-3-4-5-6-7-10-15(18)13-19-16-11-8-9-14(17)12-16/h8-9,11-12,15,18H,2-7,10,13H2,1H3. The van der Waals surface area contributed by atoms with Crippen LogP contribution in [0.4, 0.5) is 0 Å². The molecule has 1 rings (SSSR count). The van der Waals surface area contributed by atoms with E-state index in [1.54, 1.807) is 12.1 Å². The van der Waals surface area contributed by atoms with E-state index in [1.807, 2.05) is 12.1 Å². The highest BCUT2D eigenvalue weighted by molar-refractivity contribution is 6.30. The monoisotopic (exact) mass is 284 g/mol. The minimum Gasteiger partial charge on any atom is -0.491 e. The van der Waals surface area contributed by atoms with Crippen LogP contribution in [0.3, 0.4) is 0 Å². The van der Waals surface area contributed by atoms with E-state index in [1.165, 1.54) is 32.1 Å². The molecule has 0 heterocycles. The van der Waals surface area contributed by atoms with Crippen molar-refractivity contribution in [1.29, 1.82) is 0 Å². The summed E-state index contributed by atoms with van der Waals surface area (Å²) >= 11 is 5.86. The Morgan fingerprint density at radius 1 is 1.16 bits per heavy atom. The summed E-state index contributed by atoms with van der Waals surface area (Å²) in [5.74, 6) is 0.717. The van der Waals surface area contributed by atoms with Crippen LogP contribution < -0.4 is 4.74 Å². The predicted octanol–water partition coefficient (Wildman–Crippen LogP) is 4.83. The van der Waals surface area contributed by atoms with Gasteiger partial charge in [-0.2, -0.15) is 0 Å². The van der Waals surface area contributed by atoms with Gasteiger partial charge in [-0.25, -0.2) is 0 Å². The Hall–Kier alpha value is -0.730. The van der Waals surface area contributed by atoms with Crippen LogP contribution in [-0.2, 0) is 0 Å². The highest BCUT2D eigenvalue weighted by Gasteiger charge is 2.05. The molecule has 0 spiro atoms. The van der Waals surface area contributed by atoms with Crippen LogP contribution in [0.5, 0.6) is 5.75 Å². The molecular formula is C16H25ClO2. The van der Waals surface area contributed by atoms with Crippen molar-refractivity contribution in [1.82, 2.24) is 0 Å². The molecule has 1 N–H and O–H groups in total. The summed E-state index contributed by atoms with van der Waals surface area (Å²) in [5, 5.41) is 10.5. The molecule has 3 heteroatoms. The van der Waals surface area contributed by atoms with E-state index < -0.39 is 0 Å². The number of unbranched alkanes of at least 4 members (excludes halogenated alkanes) is 5. The van der Waals surface area contributed by atoms with E-state index in [-0.39, 0.29) is 6.10 Å². The third-order valence-electron chi connectivity index (χ3n) is 3.13. The molecule has 0 aromatic heterocycles. The molecule has 0 amide bonds. The third kappa shape index (κ3) is 8.12.